The average Bonchev–Trinajstić information content (AvgIpc) is 2.81. The van der Waals surface area contributed by atoms with Crippen molar-refractivity contribution >= 4 is 5.78 Å². The second-order valence-electron chi connectivity index (χ2n) is 5.84. The van der Waals surface area contributed by atoms with E-state index < -0.39 is 0 Å². The van der Waals surface area contributed by atoms with Gasteiger partial charge in [-0.25, -0.2) is 0 Å². The Bertz CT molecular complexity index is 686. The fourth-order valence-corrected chi connectivity index (χ4v) is 2.92. The van der Waals surface area contributed by atoms with Crippen molar-refractivity contribution in [2.45, 2.75) is 40.7 Å². The van der Waals surface area contributed by atoms with Crippen LogP contribution in [0.25, 0.3) is 0 Å². The fourth-order valence-electron chi connectivity index (χ4n) is 2.92. The average molecular weight is 315 g/mol. The molecule has 124 valence electrons. The van der Waals surface area contributed by atoms with Gasteiger partial charge in [0.15, 0.2) is 18.1 Å². The van der Waals surface area contributed by atoms with E-state index in [0.29, 0.717) is 24.1 Å². The van der Waals surface area contributed by atoms with Gasteiger partial charge in [-0.1, -0.05) is 12.1 Å². The maximum atomic E-state index is 12.5. The summed E-state index contributed by atoms with van der Waals surface area (Å²) in [6.45, 7) is 10.7. The van der Waals surface area contributed by atoms with Crippen LogP contribution in [-0.2, 0) is 0 Å². The van der Waals surface area contributed by atoms with Crippen LogP contribution in [0, 0.1) is 13.8 Å². The van der Waals surface area contributed by atoms with E-state index in [1.807, 2.05) is 51.1 Å². The van der Waals surface area contributed by atoms with Gasteiger partial charge in [-0.2, -0.15) is 0 Å². The zero-order chi connectivity index (χ0) is 17.0. The van der Waals surface area contributed by atoms with Crippen molar-refractivity contribution in [3.05, 3.63) is 47.3 Å². The molecule has 0 saturated carbocycles. The molecule has 0 unspecified atom stereocenters. The Hall–Kier alpha value is -2.23. The van der Waals surface area contributed by atoms with Gasteiger partial charge in [0, 0.05) is 23.0 Å². The molecule has 4 heteroatoms. The van der Waals surface area contributed by atoms with Crippen LogP contribution >= 0.6 is 0 Å². The zero-order valence-electron chi connectivity index (χ0n) is 14.6. The smallest absolute Gasteiger partial charge is 0.202 e. The summed E-state index contributed by atoms with van der Waals surface area (Å²) >= 11 is 0. The van der Waals surface area contributed by atoms with E-state index in [2.05, 4.69) is 18.4 Å². The van der Waals surface area contributed by atoms with E-state index in [9.17, 15) is 4.79 Å². The Kier molecular flexibility index (Phi) is 5.48. The Morgan fingerprint density at radius 2 is 1.74 bits per heavy atom. The van der Waals surface area contributed by atoms with Gasteiger partial charge in [0.25, 0.3) is 0 Å². The predicted octanol–water partition coefficient (Wildman–Crippen LogP) is 4.35. The molecular formula is C19H25NO3. The lowest BCUT2D eigenvalue weighted by Gasteiger charge is -2.14. The minimum atomic E-state index is -0.0173. The minimum Gasteiger partial charge on any atom is -0.490 e. The molecule has 0 aliphatic carbocycles. The van der Waals surface area contributed by atoms with Gasteiger partial charge in [-0.3, -0.25) is 4.79 Å². The molecule has 0 spiro atoms. The highest BCUT2D eigenvalue weighted by molar-refractivity contribution is 5.98. The molecule has 0 atom stereocenters. The van der Waals surface area contributed by atoms with Crippen molar-refractivity contribution in [3.8, 4) is 11.5 Å². The first-order valence-electron chi connectivity index (χ1n) is 8.02. The second-order valence-corrected chi connectivity index (χ2v) is 5.84. The molecule has 23 heavy (non-hydrogen) atoms. The number of ketones is 1. The summed E-state index contributed by atoms with van der Waals surface area (Å²) in [6.07, 6.45) is 0. The number of aryl methyl sites for hydroxylation is 1. The standard InChI is InChI=1S/C19H25NO3/c1-6-22-18-9-7-8-10-19(18)23-12-17(21)16-11-14(4)20(13(2)3)15(16)5/h7-11,13H,6,12H2,1-5H3. The number of nitrogens with zero attached hydrogens (tertiary/aromatic N) is 1. The maximum absolute atomic E-state index is 12.5. The molecular weight excluding hydrogens is 290 g/mol. The lowest BCUT2D eigenvalue weighted by Crippen LogP contribution is -2.14. The highest BCUT2D eigenvalue weighted by atomic mass is 16.5. The molecule has 1 aromatic heterocycles. The fraction of sp³-hybridized carbons (Fsp3) is 0.421. The van der Waals surface area contributed by atoms with E-state index >= 15 is 0 Å². The topological polar surface area (TPSA) is 40.5 Å². The number of benzene rings is 1. The SMILES string of the molecule is CCOc1ccccc1OCC(=O)c1cc(C)n(C(C)C)c1C. The second kappa shape index (κ2) is 7.36. The molecule has 0 amide bonds. The third-order valence-electron chi connectivity index (χ3n) is 3.81. The number of hydrogen-bond donors (Lipinski definition) is 0. The summed E-state index contributed by atoms with van der Waals surface area (Å²) in [5, 5.41) is 0. The van der Waals surface area contributed by atoms with Gasteiger partial charge in [0.2, 0.25) is 5.78 Å². The number of aromatic nitrogens is 1. The number of carbonyl (C=O) groups is 1. The molecule has 0 aliphatic rings. The number of para-hydroxylation sites is 2. The summed E-state index contributed by atoms with van der Waals surface area (Å²) in [5.74, 6) is 1.24. The third kappa shape index (κ3) is 3.76. The summed E-state index contributed by atoms with van der Waals surface area (Å²) in [5.41, 5.74) is 2.81. The van der Waals surface area contributed by atoms with Gasteiger partial charge >= 0.3 is 0 Å². The van der Waals surface area contributed by atoms with E-state index in [4.69, 9.17) is 9.47 Å². The van der Waals surface area contributed by atoms with Crippen LogP contribution in [0.2, 0.25) is 0 Å². The highest BCUT2D eigenvalue weighted by Crippen LogP contribution is 2.27. The number of Topliss-reactive ketones (excluding diaryl/α,β-unsaturated/α-hetero) is 1. The number of hydrogen-bond acceptors (Lipinski definition) is 3. The minimum absolute atomic E-state index is 0.00642. The van der Waals surface area contributed by atoms with Crippen LogP contribution in [0.5, 0.6) is 11.5 Å². The Morgan fingerprint density at radius 1 is 1.13 bits per heavy atom. The normalized spacial score (nSPS) is 10.9. The van der Waals surface area contributed by atoms with E-state index in [1.54, 1.807) is 0 Å². The lowest BCUT2D eigenvalue weighted by atomic mass is 10.1. The number of ether oxygens (including phenoxy) is 2. The summed E-state index contributed by atoms with van der Waals surface area (Å²) < 4.78 is 13.4. The van der Waals surface area contributed by atoms with Crippen LogP contribution < -0.4 is 9.47 Å². The third-order valence-corrected chi connectivity index (χ3v) is 3.81. The number of carbonyl (C=O) groups excluding carboxylic acids is 1. The Morgan fingerprint density at radius 3 is 2.26 bits per heavy atom. The van der Waals surface area contributed by atoms with Crippen LogP contribution in [0.4, 0.5) is 0 Å². The van der Waals surface area contributed by atoms with Gasteiger partial charge in [0.05, 0.1) is 6.61 Å². The first-order valence-corrected chi connectivity index (χ1v) is 8.02. The molecule has 2 aromatic rings. The molecule has 4 nitrogen and oxygen atoms in total. The lowest BCUT2D eigenvalue weighted by molar-refractivity contribution is 0.0918. The molecule has 0 saturated heterocycles. The monoisotopic (exact) mass is 315 g/mol. The molecule has 2 rings (SSSR count). The molecule has 0 fully saturated rings. The first-order chi connectivity index (χ1) is 11.0. The number of rotatable bonds is 7. The van der Waals surface area contributed by atoms with Crippen LogP contribution in [0.3, 0.4) is 0 Å². The summed E-state index contributed by atoms with van der Waals surface area (Å²) in [4.78, 5) is 12.5. The Labute approximate surface area is 138 Å². The summed E-state index contributed by atoms with van der Waals surface area (Å²) in [6, 6.07) is 9.68. The van der Waals surface area contributed by atoms with Crippen molar-refractivity contribution in [2.75, 3.05) is 13.2 Å². The zero-order valence-corrected chi connectivity index (χ0v) is 14.6. The van der Waals surface area contributed by atoms with Crippen LogP contribution in [0.1, 0.15) is 48.6 Å². The largest absolute Gasteiger partial charge is 0.490 e. The van der Waals surface area contributed by atoms with Crippen LogP contribution in [0.15, 0.2) is 30.3 Å². The quantitative estimate of drug-likeness (QED) is 0.713. The van der Waals surface area contributed by atoms with Crippen molar-refractivity contribution in [3.63, 3.8) is 0 Å². The Balaban J connectivity index is 2.13. The highest BCUT2D eigenvalue weighted by Gasteiger charge is 2.18. The molecule has 0 radical (unpaired) electrons. The van der Waals surface area contributed by atoms with E-state index in [1.165, 1.54) is 0 Å². The molecule has 1 heterocycles. The van der Waals surface area contributed by atoms with Crippen molar-refractivity contribution < 1.29 is 14.3 Å². The van der Waals surface area contributed by atoms with Gasteiger partial charge in [0.1, 0.15) is 0 Å². The summed E-state index contributed by atoms with van der Waals surface area (Å²) in [7, 11) is 0. The molecule has 1 aromatic carbocycles. The van der Waals surface area contributed by atoms with Gasteiger partial charge < -0.3 is 14.0 Å². The van der Waals surface area contributed by atoms with Crippen molar-refractivity contribution in [1.82, 2.24) is 4.57 Å². The molecule has 0 N–H and O–H groups in total. The van der Waals surface area contributed by atoms with Crippen molar-refractivity contribution in [2.24, 2.45) is 0 Å². The first kappa shape index (κ1) is 17.1. The van der Waals surface area contributed by atoms with E-state index in [-0.39, 0.29) is 12.4 Å². The van der Waals surface area contributed by atoms with Crippen molar-refractivity contribution in [1.29, 1.82) is 0 Å². The van der Waals surface area contributed by atoms with Crippen LogP contribution in [-0.4, -0.2) is 23.6 Å². The maximum Gasteiger partial charge on any atom is 0.202 e. The van der Waals surface area contributed by atoms with Gasteiger partial charge in [-0.15, -0.1) is 0 Å². The van der Waals surface area contributed by atoms with E-state index in [0.717, 1.165) is 17.0 Å². The van der Waals surface area contributed by atoms with Gasteiger partial charge in [-0.05, 0) is 52.8 Å². The molecule has 0 bridgehead atoms. The predicted molar refractivity (Wildman–Crippen MR) is 91.7 cm³/mol. The molecule has 0 aliphatic heterocycles.